The Bertz CT molecular complexity index is 1090. The normalized spacial score (nSPS) is 18.2. The van der Waals surface area contributed by atoms with Crippen molar-refractivity contribution in [3.63, 3.8) is 0 Å². The van der Waals surface area contributed by atoms with Crippen LogP contribution in [0, 0.1) is 20.8 Å². The quantitative estimate of drug-likeness (QED) is 0.138. The third-order valence-electron chi connectivity index (χ3n) is 7.44. The largest absolute Gasteiger partial charge is 0.491 e. The molecule has 0 fully saturated rings. The summed E-state index contributed by atoms with van der Waals surface area (Å²) in [5.41, 5.74) is 8.32. The summed E-state index contributed by atoms with van der Waals surface area (Å²) < 4.78 is 28.0. The lowest BCUT2D eigenvalue weighted by Gasteiger charge is -2.38. The molecule has 1 aromatic rings. The number of benzene rings is 1. The fourth-order valence-corrected chi connectivity index (χ4v) is 5.25. The first-order valence-corrected chi connectivity index (χ1v) is 15.3. The van der Waals surface area contributed by atoms with Crippen LogP contribution in [0.5, 0.6) is 11.5 Å². The van der Waals surface area contributed by atoms with Crippen LogP contribution in [0.25, 0.3) is 0 Å². The van der Waals surface area contributed by atoms with E-state index in [4.69, 9.17) is 19.3 Å². The lowest BCUT2D eigenvalue weighted by Crippen LogP contribution is -2.37. The van der Waals surface area contributed by atoms with Gasteiger partial charge in [-0.1, -0.05) is 34.9 Å². The van der Waals surface area contributed by atoms with Crippen LogP contribution in [0.4, 0.5) is 0 Å². The standard InChI is InChI=1S/C31H49O6P/c1-22(2)12-9-13-23(3)14-10-15-24(4)16-11-18-31(8)19-17-28-27(7)29(25(5)26(6)30(28)37-31)35-20-21-36-38(32,33)34/h12,14,16H,9-11,13,15,17-21H2,1-8H3,(H2,32,33,34)/b23-14+,24-16+/t31-/m1/s1. The van der Waals surface area contributed by atoms with Crippen molar-refractivity contribution in [1.82, 2.24) is 0 Å². The van der Waals surface area contributed by atoms with Crippen molar-refractivity contribution in [2.24, 2.45) is 0 Å². The Labute approximate surface area is 230 Å². The van der Waals surface area contributed by atoms with Gasteiger partial charge in [0.25, 0.3) is 0 Å². The number of phosphoric ester groups is 1. The van der Waals surface area contributed by atoms with Gasteiger partial charge in [0.1, 0.15) is 23.7 Å². The molecule has 0 unspecified atom stereocenters. The van der Waals surface area contributed by atoms with E-state index >= 15 is 0 Å². The molecule has 1 atom stereocenters. The first-order chi connectivity index (χ1) is 17.7. The van der Waals surface area contributed by atoms with Gasteiger partial charge in [0.2, 0.25) is 0 Å². The molecule has 0 spiro atoms. The van der Waals surface area contributed by atoms with Crippen molar-refractivity contribution in [3.05, 3.63) is 57.2 Å². The predicted octanol–water partition coefficient (Wildman–Crippen LogP) is 8.38. The van der Waals surface area contributed by atoms with E-state index < -0.39 is 7.82 Å². The highest BCUT2D eigenvalue weighted by molar-refractivity contribution is 7.46. The van der Waals surface area contributed by atoms with Gasteiger partial charge < -0.3 is 19.3 Å². The zero-order chi connectivity index (χ0) is 28.5. The van der Waals surface area contributed by atoms with Gasteiger partial charge in [-0.2, -0.15) is 0 Å². The molecule has 214 valence electrons. The molecule has 0 radical (unpaired) electrons. The summed E-state index contributed by atoms with van der Waals surface area (Å²) in [6.07, 6.45) is 15.3. The minimum atomic E-state index is -4.49. The molecule has 1 heterocycles. The van der Waals surface area contributed by atoms with Crippen molar-refractivity contribution < 1.29 is 28.3 Å². The summed E-state index contributed by atoms with van der Waals surface area (Å²) in [5, 5.41) is 0. The number of phosphoric acid groups is 1. The van der Waals surface area contributed by atoms with Crippen LogP contribution < -0.4 is 9.47 Å². The maximum Gasteiger partial charge on any atom is 0.469 e. The highest BCUT2D eigenvalue weighted by Crippen LogP contribution is 2.45. The molecule has 0 saturated heterocycles. The summed E-state index contributed by atoms with van der Waals surface area (Å²) in [6.45, 7) is 17.0. The van der Waals surface area contributed by atoms with Crippen molar-refractivity contribution in [2.75, 3.05) is 13.2 Å². The Morgan fingerprint density at radius 3 is 2.13 bits per heavy atom. The Morgan fingerprint density at radius 1 is 0.921 bits per heavy atom. The Kier molecular flexibility index (Phi) is 12.4. The van der Waals surface area contributed by atoms with Crippen molar-refractivity contribution in [2.45, 2.75) is 112 Å². The molecule has 7 heteroatoms. The third kappa shape index (κ3) is 10.4. The number of allylic oxidation sites excluding steroid dienone is 6. The molecule has 1 aromatic carbocycles. The van der Waals surface area contributed by atoms with Crippen LogP contribution in [-0.2, 0) is 15.5 Å². The second-order valence-electron chi connectivity index (χ2n) is 11.2. The highest BCUT2D eigenvalue weighted by atomic mass is 31.2. The monoisotopic (exact) mass is 548 g/mol. The maximum absolute atomic E-state index is 10.9. The summed E-state index contributed by atoms with van der Waals surface area (Å²) in [7, 11) is -4.49. The summed E-state index contributed by atoms with van der Waals surface area (Å²) in [4.78, 5) is 17.7. The smallest absolute Gasteiger partial charge is 0.469 e. The summed E-state index contributed by atoms with van der Waals surface area (Å²) in [6, 6.07) is 0. The molecule has 6 nitrogen and oxygen atoms in total. The van der Waals surface area contributed by atoms with E-state index in [-0.39, 0.29) is 18.8 Å². The van der Waals surface area contributed by atoms with Gasteiger partial charge in [-0.15, -0.1) is 0 Å². The molecule has 2 N–H and O–H groups in total. The van der Waals surface area contributed by atoms with Crippen molar-refractivity contribution in [1.29, 1.82) is 0 Å². The van der Waals surface area contributed by atoms with Crippen LogP contribution in [-0.4, -0.2) is 28.6 Å². The second-order valence-corrected chi connectivity index (χ2v) is 12.5. The molecular formula is C31H49O6P. The third-order valence-corrected chi connectivity index (χ3v) is 7.96. The number of ether oxygens (including phenoxy) is 2. The van der Waals surface area contributed by atoms with Gasteiger partial charge in [0.15, 0.2) is 0 Å². The van der Waals surface area contributed by atoms with Gasteiger partial charge in [0, 0.05) is 5.56 Å². The van der Waals surface area contributed by atoms with E-state index in [1.54, 1.807) is 0 Å². The number of hydrogen-bond acceptors (Lipinski definition) is 4. The molecule has 0 saturated carbocycles. The van der Waals surface area contributed by atoms with E-state index in [2.05, 4.69) is 64.3 Å². The average molecular weight is 549 g/mol. The fourth-order valence-electron chi connectivity index (χ4n) is 4.94. The lowest BCUT2D eigenvalue weighted by atomic mass is 9.85. The zero-order valence-electron chi connectivity index (χ0n) is 24.8. The van der Waals surface area contributed by atoms with E-state index in [9.17, 15) is 4.57 Å². The van der Waals surface area contributed by atoms with Crippen LogP contribution in [0.1, 0.15) is 102 Å². The Hall–Kier alpha value is -1.85. The summed E-state index contributed by atoms with van der Waals surface area (Å²) >= 11 is 0. The first kappa shape index (κ1) is 32.4. The molecule has 0 aromatic heterocycles. The van der Waals surface area contributed by atoms with Crippen molar-refractivity contribution in [3.8, 4) is 11.5 Å². The molecule has 2 rings (SSSR count). The van der Waals surface area contributed by atoms with Gasteiger partial charge in [0.05, 0.1) is 6.61 Å². The molecule has 0 bridgehead atoms. The van der Waals surface area contributed by atoms with Gasteiger partial charge in [-0.05, 0) is 123 Å². The first-order valence-electron chi connectivity index (χ1n) is 13.8. The van der Waals surface area contributed by atoms with Crippen LogP contribution in [0.2, 0.25) is 0 Å². The number of fused-ring (bicyclic) bond motifs is 1. The van der Waals surface area contributed by atoms with E-state index in [1.807, 2.05) is 13.8 Å². The number of rotatable bonds is 14. The molecular weight excluding hydrogens is 499 g/mol. The molecule has 1 aliphatic rings. The maximum atomic E-state index is 10.9. The average Bonchev–Trinajstić information content (AvgIpc) is 2.81. The van der Waals surface area contributed by atoms with Crippen LogP contribution in [0.3, 0.4) is 0 Å². The highest BCUT2D eigenvalue weighted by Gasteiger charge is 2.34. The van der Waals surface area contributed by atoms with E-state index in [0.29, 0.717) is 0 Å². The SMILES string of the molecule is CC(C)=CCC/C(C)=C/CC/C(C)=C/CC[C@]1(C)CCc2c(C)c(OCCOP(=O)(O)O)c(C)c(C)c2O1. The topological polar surface area (TPSA) is 85.2 Å². The van der Waals surface area contributed by atoms with Gasteiger partial charge in [-0.25, -0.2) is 4.57 Å². The van der Waals surface area contributed by atoms with Gasteiger partial charge in [-0.3, -0.25) is 4.52 Å². The Morgan fingerprint density at radius 2 is 1.53 bits per heavy atom. The van der Waals surface area contributed by atoms with Crippen LogP contribution >= 0.6 is 7.82 Å². The molecule has 0 amide bonds. The lowest BCUT2D eigenvalue weighted by molar-refractivity contribution is 0.0557. The second kappa shape index (κ2) is 14.5. The van der Waals surface area contributed by atoms with Crippen molar-refractivity contribution >= 4 is 7.82 Å². The number of hydrogen-bond donors (Lipinski definition) is 2. The minimum absolute atomic E-state index is 0.0700. The van der Waals surface area contributed by atoms with Gasteiger partial charge >= 0.3 is 7.82 Å². The van der Waals surface area contributed by atoms with E-state index in [1.165, 1.54) is 16.7 Å². The molecule has 0 aliphatic carbocycles. The van der Waals surface area contributed by atoms with Crippen LogP contribution in [0.15, 0.2) is 34.9 Å². The minimum Gasteiger partial charge on any atom is -0.491 e. The zero-order valence-corrected chi connectivity index (χ0v) is 25.7. The fraction of sp³-hybridized carbons (Fsp3) is 0.613. The predicted molar refractivity (Wildman–Crippen MR) is 156 cm³/mol. The summed E-state index contributed by atoms with van der Waals surface area (Å²) in [5.74, 6) is 1.71. The molecule has 1 aliphatic heterocycles. The Balaban J connectivity index is 1.94. The molecule has 38 heavy (non-hydrogen) atoms. The van der Waals surface area contributed by atoms with E-state index in [0.717, 1.165) is 85.1 Å².